The van der Waals surface area contributed by atoms with Gasteiger partial charge in [0.1, 0.15) is 11.5 Å². The molecule has 0 aromatic carbocycles. The van der Waals surface area contributed by atoms with Crippen LogP contribution < -0.4 is 21.5 Å². The molecule has 29 heavy (non-hydrogen) atoms. The van der Waals surface area contributed by atoms with Crippen molar-refractivity contribution in [3.05, 3.63) is 53.1 Å². The number of rotatable bonds is 7. The molecule has 1 amide bonds. The summed E-state index contributed by atoms with van der Waals surface area (Å²) in [5.41, 5.74) is 7.79. The van der Waals surface area contributed by atoms with E-state index in [1.807, 2.05) is 32.2 Å². The molecular formula is C21H28N6O2. The van der Waals surface area contributed by atoms with Crippen LogP contribution in [-0.4, -0.2) is 60.0 Å². The van der Waals surface area contributed by atoms with E-state index < -0.39 is 0 Å². The standard InChI is InChI=1S/C21H28N6O2/c1-3-27(17-7-10-26(14-17)20(28)5-4-8-22)18-11-16(13-25-21(18)29)15-6-9-24-19(12-15)23-2/h4-6,9,11-13,17H,3,7-8,10,14,22H2,1-2H3,(H,23,24)(H,25,29)/b5-4+. The van der Waals surface area contributed by atoms with Crippen LogP contribution in [0.4, 0.5) is 11.5 Å². The lowest BCUT2D eigenvalue weighted by Crippen LogP contribution is -2.41. The lowest BCUT2D eigenvalue weighted by atomic mass is 10.1. The molecule has 1 fully saturated rings. The Bertz CT molecular complexity index is 939. The predicted octanol–water partition coefficient (Wildman–Crippen LogP) is 1.42. The second-order valence-electron chi connectivity index (χ2n) is 6.93. The molecule has 3 heterocycles. The molecule has 0 radical (unpaired) electrons. The molecule has 1 atom stereocenters. The first-order valence-electron chi connectivity index (χ1n) is 9.86. The fourth-order valence-electron chi connectivity index (χ4n) is 3.69. The molecule has 154 valence electrons. The van der Waals surface area contributed by atoms with Gasteiger partial charge in [-0.3, -0.25) is 9.59 Å². The Labute approximate surface area is 170 Å². The highest BCUT2D eigenvalue weighted by Gasteiger charge is 2.30. The SMILES string of the molecule is CCN(c1cc(-c2ccnc(NC)c2)c[nH]c1=O)C1CCN(C(=O)/C=C/CN)C1. The number of likely N-dealkylation sites (N-methyl/N-ethyl adjacent to an activating group) is 1. The van der Waals surface area contributed by atoms with Crippen LogP contribution in [0.3, 0.4) is 0 Å². The van der Waals surface area contributed by atoms with Crippen LogP contribution in [0.1, 0.15) is 13.3 Å². The van der Waals surface area contributed by atoms with E-state index in [0.717, 1.165) is 23.4 Å². The first kappa shape index (κ1) is 20.6. The van der Waals surface area contributed by atoms with E-state index >= 15 is 0 Å². The van der Waals surface area contributed by atoms with Gasteiger partial charge in [-0.1, -0.05) is 6.08 Å². The molecule has 1 unspecified atom stereocenters. The van der Waals surface area contributed by atoms with E-state index in [-0.39, 0.29) is 17.5 Å². The summed E-state index contributed by atoms with van der Waals surface area (Å²) in [6, 6.07) is 5.86. The maximum Gasteiger partial charge on any atom is 0.271 e. The molecule has 0 bridgehead atoms. The van der Waals surface area contributed by atoms with E-state index in [4.69, 9.17) is 5.73 Å². The van der Waals surface area contributed by atoms with Crippen LogP contribution in [0, 0.1) is 0 Å². The number of nitrogens with one attached hydrogen (secondary N) is 2. The lowest BCUT2D eigenvalue weighted by molar-refractivity contribution is -0.125. The molecular weight excluding hydrogens is 368 g/mol. The highest BCUT2D eigenvalue weighted by Crippen LogP contribution is 2.26. The van der Waals surface area contributed by atoms with Gasteiger partial charge in [0.05, 0.1) is 0 Å². The second-order valence-corrected chi connectivity index (χ2v) is 6.93. The smallest absolute Gasteiger partial charge is 0.271 e. The summed E-state index contributed by atoms with van der Waals surface area (Å²) < 4.78 is 0. The summed E-state index contributed by atoms with van der Waals surface area (Å²) in [6.45, 7) is 4.30. The Morgan fingerprint density at radius 3 is 3.00 bits per heavy atom. The van der Waals surface area contributed by atoms with Gasteiger partial charge in [0.25, 0.3) is 5.56 Å². The van der Waals surface area contributed by atoms with E-state index in [0.29, 0.717) is 31.9 Å². The summed E-state index contributed by atoms with van der Waals surface area (Å²) in [5, 5.41) is 3.03. The normalized spacial score (nSPS) is 16.4. The molecule has 0 aliphatic carbocycles. The van der Waals surface area contributed by atoms with Gasteiger partial charge in [-0.2, -0.15) is 0 Å². The molecule has 3 rings (SSSR count). The largest absolute Gasteiger partial charge is 0.373 e. The van der Waals surface area contributed by atoms with Crippen molar-refractivity contribution in [3.8, 4) is 11.1 Å². The van der Waals surface area contributed by atoms with Gasteiger partial charge in [0.2, 0.25) is 5.91 Å². The number of carbonyl (C=O) groups is 1. The number of nitrogens with zero attached hydrogens (tertiary/aromatic N) is 3. The molecule has 2 aromatic rings. The molecule has 1 aliphatic heterocycles. The number of hydrogen-bond donors (Lipinski definition) is 3. The molecule has 4 N–H and O–H groups in total. The van der Waals surface area contributed by atoms with Gasteiger partial charge < -0.3 is 25.8 Å². The minimum absolute atomic E-state index is 0.0342. The molecule has 8 heteroatoms. The van der Waals surface area contributed by atoms with E-state index in [9.17, 15) is 9.59 Å². The van der Waals surface area contributed by atoms with Crippen molar-refractivity contribution in [1.29, 1.82) is 0 Å². The number of likely N-dealkylation sites (tertiary alicyclic amines) is 1. The summed E-state index contributed by atoms with van der Waals surface area (Å²) in [4.78, 5) is 35.9. The summed E-state index contributed by atoms with van der Waals surface area (Å²) >= 11 is 0. The van der Waals surface area contributed by atoms with Crippen LogP contribution in [0.25, 0.3) is 11.1 Å². The zero-order valence-corrected chi connectivity index (χ0v) is 16.9. The molecule has 0 saturated carbocycles. The van der Waals surface area contributed by atoms with Crippen molar-refractivity contribution in [2.45, 2.75) is 19.4 Å². The fourth-order valence-corrected chi connectivity index (χ4v) is 3.69. The van der Waals surface area contributed by atoms with Crippen molar-refractivity contribution in [3.63, 3.8) is 0 Å². The predicted molar refractivity (Wildman–Crippen MR) is 116 cm³/mol. The fraction of sp³-hybridized carbons (Fsp3) is 0.381. The number of pyridine rings is 2. The van der Waals surface area contributed by atoms with Crippen LogP contribution >= 0.6 is 0 Å². The third kappa shape index (κ3) is 4.65. The minimum atomic E-state index is -0.133. The molecule has 2 aromatic heterocycles. The van der Waals surface area contributed by atoms with Gasteiger partial charge in [-0.05, 0) is 37.1 Å². The maximum atomic E-state index is 12.6. The van der Waals surface area contributed by atoms with Crippen molar-refractivity contribution >= 4 is 17.4 Å². The number of aromatic nitrogens is 2. The van der Waals surface area contributed by atoms with Crippen molar-refractivity contribution in [1.82, 2.24) is 14.9 Å². The molecule has 1 aliphatic rings. The van der Waals surface area contributed by atoms with Gasteiger partial charge in [-0.25, -0.2) is 4.98 Å². The van der Waals surface area contributed by atoms with Crippen molar-refractivity contribution in [2.24, 2.45) is 5.73 Å². The highest BCUT2D eigenvalue weighted by atomic mass is 16.2. The summed E-state index contributed by atoms with van der Waals surface area (Å²) in [6.07, 6.45) is 7.46. The first-order valence-corrected chi connectivity index (χ1v) is 9.86. The Morgan fingerprint density at radius 2 is 2.28 bits per heavy atom. The second kappa shape index (κ2) is 9.38. The lowest BCUT2D eigenvalue weighted by Gasteiger charge is -2.29. The van der Waals surface area contributed by atoms with E-state index in [1.165, 1.54) is 6.08 Å². The Balaban J connectivity index is 1.85. The molecule has 1 saturated heterocycles. The minimum Gasteiger partial charge on any atom is -0.373 e. The first-order chi connectivity index (χ1) is 14.1. The Kier molecular flexibility index (Phi) is 6.66. The number of aromatic amines is 1. The third-order valence-corrected chi connectivity index (χ3v) is 5.20. The number of carbonyl (C=O) groups excluding carboxylic acids is 1. The van der Waals surface area contributed by atoms with E-state index in [2.05, 4.69) is 20.2 Å². The van der Waals surface area contributed by atoms with Gasteiger partial charge in [-0.15, -0.1) is 0 Å². The Morgan fingerprint density at radius 1 is 1.45 bits per heavy atom. The maximum absolute atomic E-state index is 12.6. The summed E-state index contributed by atoms with van der Waals surface area (Å²) in [5.74, 6) is 0.728. The Hall–Kier alpha value is -3.13. The summed E-state index contributed by atoms with van der Waals surface area (Å²) in [7, 11) is 1.82. The van der Waals surface area contributed by atoms with Crippen molar-refractivity contribution in [2.75, 3.05) is 43.4 Å². The number of nitrogens with two attached hydrogens (primary N) is 1. The van der Waals surface area contributed by atoms with Crippen LogP contribution in [0.15, 0.2) is 47.5 Å². The van der Waals surface area contributed by atoms with Crippen LogP contribution in [0.2, 0.25) is 0 Å². The zero-order chi connectivity index (χ0) is 20.8. The quantitative estimate of drug-likeness (QED) is 0.611. The average Bonchev–Trinajstić information content (AvgIpc) is 3.24. The number of hydrogen-bond acceptors (Lipinski definition) is 6. The van der Waals surface area contributed by atoms with Crippen LogP contribution in [-0.2, 0) is 4.79 Å². The van der Waals surface area contributed by atoms with Gasteiger partial charge >= 0.3 is 0 Å². The van der Waals surface area contributed by atoms with Crippen LogP contribution in [0.5, 0.6) is 0 Å². The highest BCUT2D eigenvalue weighted by molar-refractivity contribution is 5.88. The van der Waals surface area contributed by atoms with E-state index in [1.54, 1.807) is 23.4 Å². The number of amides is 1. The zero-order valence-electron chi connectivity index (χ0n) is 16.9. The number of H-pyrrole nitrogens is 1. The number of anilines is 2. The van der Waals surface area contributed by atoms with Crippen molar-refractivity contribution < 1.29 is 4.79 Å². The third-order valence-electron chi connectivity index (χ3n) is 5.20. The van der Waals surface area contributed by atoms with Gasteiger partial charge in [0, 0.05) is 63.3 Å². The molecule has 8 nitrogen and oxygen atoms in total. The topological polar surface area (TPSA) is 107 Å². The average molecular weight is 396 g/mol. The van der Waals surface area contributed by atoms with Gasteiger partial charge in [0.15, 0.2) is 0 Å². The molecule has 0 spiro atoms. The monoisotopic (exact) mass is 396 g/mol.